The predicted molar refractivity (Wildman–Crippen MR) is 112 cm³/mol. The summed E-state index contributed by atoms with van der Waals surface area (Å²) in [6.07, 6.45) is 4.05. The molecule has 0 unspecified atom stereocenters. The molecule has 1 aliphatic heterocycles. The standard InChI is InChI=1S/C18H15BrCl2N2.ClH/c1-23-9-8-22-17(14-5-4-13(19)11-18(14)23)7-3-12-2-6-15(20)16(21)10-12;/h2-7,10-11H,8-9H2,1H3;1H/b7-3+;. The molecule has 0 aliphatic carbocycles. The fourth-order valence-corrected chi connectivity index (χ4v) is 3.15. The maximum atomic E-state index is 6.07. The van der Waals surface area contributed by atoms with Crippen LogP contribution < -0.4 is 4.90 Å². The number of nitrogens with zero attached hydrogens (tertiary/aromatic N) is 2. The third-order valence-corrected chi connectivity index (χ3v) is 4.97. The zero-order valence-corrected chi connectivity index (χ0v) is 16.9. The van der Waals surface area contributed by atoms with E-state index in [2.05, 4.69) is 40.0 Å². The minimum Gasteiger partial charge on any atom is -0.372 e. The maximum Gasteiger partial charge on any atom is 0.0668 e. The molecule has 0 saturated heterocycles. The molecule has 2 aromatic carbocycles. The van der Waals surface area contributed by atoms with E-state index in [-0.39, 0.29) is 12.4 Å². The Kier molecular flexibility index (Phi) is 6.76. The molecule has 0 atom stereocenters. The molecule has 1 heterocycles. The van der Waals surface area contributed by atoms with E-state index >= 15 is 0 Å². The van der Waals surface area contributed by atoms with Crippen molar-refractivity contribution in [3.05, 3.63) is 68.1 Å². The van der Waals surface area contributed by atoms with E-state index in [1.165, 1.54) is 5.69 Å². The molecule has 6 heteroatoms. The Balaban J connectivity index is 0.00000208. The van der Waals surface area contributed by atoms with E-state index in [1.54, 1.807) is 6.07 Å². The number of halogens is 4. The fourth-order valence-electron chi connectivity index (χ4n) is 2.50. The molecule has 2 nitrogen and oxygen atoms in total. The predicted octanol–water partition coefficient (Wildman–Crippen LogP) is 6.13. The van der Waals surface area contributed by atoms with Crippen LogP contribution in [0.25, 0.3) is 6.08 Å². The van der Waals surface area contributed by atoms with Crippen molar-refractivity contribution in [1.82, 2.24) is 0 Å². The Bertz CT molecular complexity index is 803. The monoisotopic (exact) mass is 444 g/mol. The number of hydrogen-bond acceptors (Lipinski definition) is 2. The van der Waals surface area contributed by atoms with Gasteiger partial charge in [-0.1, -0.05) is 51.3 Å². The van der Waals surface area contributed by atoms with Gasteiger partial charge in [0.05, 0.1) is 22.3 Å². The van der Waals surface area contributed by atoms with Gasteiger partial charge in [0.2, 0.25) is 0 Å². The highest BCUT2D eigenvalue weighted by Crippen LogP contribution is 2.28. The average molecular weight is 447 g/mol. The summed E-state index contributed by atoms with van der Waals surface area (Å²) in [6.45, 7) is 1.66. The Labute approximate surface area is 166 Å². The van der Waals surface area contributed by atoms with Gasteiger partial charge in [-0.25, -0.2) is 0 Å². The number of anilines is 1. The number of benzodiazepines with no additional fused rings is 1. The number of aliphatic imine (C=N–C) groups is 1. The lowest BCUT2D eigenvalue weighted by Gasteiger charge is -2.19. The number of likely N-dealkylation sites (N-methyl/N-ethyl adjacent to an activating group) is 1. The molecule has 0 radical (unpaired) electrons. The largest absolute Gasteiger partial charge is 0.372 e. The molecule has 0 aromatic heterocycles. The molecule has 0 amide bonds. The Morgan fingerprint density at radius 1 is 1.08 bits per heavy atom. The summed E-state index contributed by atoms with van der Waals surface area (Å²) in [5.41, 5.74) is 4.28. The van der Waals surface area contributed by atoms with Crippen molar-refractivity contribution in [2.45, 2.75) is 0 Å². The topological polar surface area (TPSA) is 15.6 Å². The van der Waals surface area contributed by atoms with E-state index in [4.69, 9.17) is 28.2 Å². The summed E-state index contributed by atoms with van der Waals surface area (Å²) in [6, 6.07) is 11.9. The lowest BCUT2D eigenvalue weighted by molar-refractivity contribution is 0.896. The van der Waals surface area contributed by atoms with Crippen LogP contribution in [0, 0.1) is 0 Å². The van der Waals surface area contributed by atoms with Crippen molar-refractivity contribution in [3.8, 4) is 0 Å². The number of rotatable bonds is 2. The Morgan fingerprint density at radius 3 is 2.62 bits per heavy atom. The number of hydrogen-bond donors (Lipinski definition) is 0. The first kappa shape index (κ1) is 19.3. The fraction of sp³-hybridized carbons (Fsp3) is 0.167. The molecule has 0 spiro atoms. The summed E-state index contributed by atoms with van der Waals surface area (Å²) < 4.78 is 1.07. The molecule has 0 N–H and O–H groups in total. The van der Waals surface area contributed by atoms with E-state index in [1.807, 2.05) is 30.4 Å². The van der Waals surface area contributed by atoms with E-state index in [0.717, 1.165) is 34.4 Å². The smallest absolute Gasteiger partial charge is 0.0668 e. The van der Waals surface area contributed by atoms with Gasteiger partial charge in [-0.15, -0.1) is 12.4 Å². The normalized spacial score (nSPS) is 14.0. The van der Waals surface area contributed by atoms with Gasteiger partial charge in [0, 0.05) is 29.3 Å². The SMILES string of the molecule is CN1CCN=C(/C=C/c2ccc(Cl)c(Cl)c2)c2ccc(Br)cc21.Cl. The quantitative estimate of drug-likeness (QED) is 0.542. The molecular weight excluding hydrogens is 430 g/mol. The minimum absolute atomic E-state index is 0. The third-order valence-electron chi connectivity index (χ3n) is 3.74. The first-order chi connectivity index (χ1) is 11.0. The molecule has 0 bridgehead atoms. The van der Waals surface area contributed by atoms with Gasteiger partial charge in [-0.2, -0.15) is 0 Å². The maximum absolute atomic E-state index is 6.07. The summed E-state index contributed by atoms with van der Waals surface area (Å²) >= 11 is 15.6. The lowest BCUT2D eigenvalue weighted by Crippen LogP contribution is -2.20. The first-order valence-electron chi connectivity index (χ1n) is 7.23. The Morgan fingerprint density at radius 2 is 1.88 bits per heavy atom. The van der Waals surface area contributed by atoms with Crippen molar-refractivity contribution < 1.29 is 0 Å². The second-order valence-corrected chi connectivity index (χ2v) is 7.09. The van der Waals surface area contributed by atoms with Crippen LogP contribution in [0.2, 0.25) is 10.0 Å². The van der Waals surface area contributed by atoms with Gasteiger partial charge in [0.15, 0.2) is 0 Å². The van der Waals surface area contributed by atoms with Gasteiger partial charge in [0.25, 0.3) is 0 Å². The van der Waals surface area contributed by atoms with Crippen molar-refractivity contribution >= 4 is 69.0 Å². The van der Waals surface area contributed by atoms with Crippen LogP contribution in [0.1, 0.15) is 11.1 Å². The van der Waals surface area contributed by atoms with E-state index in [0.29, 0.717) is 10.0 Å². The van der Waals surface area contributed by atoms with Crippen LogP contribution >= 0.6 is 51.5 Å². The molecule has 1 aliphatic rings. The highest BCUT2D eigenvalue weighted by Gasteiger charge is 2.14. The molecule has 126 valence electrons. The molecule has 3 rings (SSSR count). The van der Waals surface area contributed by atoms with Crippen molar-refractivity contribution in [2.75, 3.05) is 25.0 Å². The lowest BCUT2D eigenvalue weighted by atomic mass is 10.1. The molecule has 0 saturated carbocycles. The van der Waals surface area contributed by atoms with Crippen LogP contribution in [0.5, 0.6) is 0 Å². The van der Waals surface area contributed by atoms with Crippen LogP contribution in [-0.2, 0) is 0 Å². The molecular formula is C18H16BrCl3N2. The van der Waals surface area contributed by atoms with E-state index in [9.17, 15) is 0 Å². The highest BCUT2D eigenvalue weighted by atomic mass is 79.9. The Hall–Kier alpha value is -1.000. The van der Waals surface area contributed by atoms with E-state index < -0.39 is 0 Å². The minimum atomic E-state index is 0. The zero-order valence-electron chi connectivity index (χ0n) is 13.0. The van der Waals surface area contributed by atoms with Gasteiger partial charge < -0.3 is 4.90 Å². The van der Waals surface area contributed by atoms with Crippen molar-refractivity contribution in [3.63, 3.8) is 0 Å². The van der Waals surface area contributed by atoms with Crippen LogP contribution in [0.3, 0.4) is 0 Å². The van der Waals surface area contributed by atoms with Gasteiger partial charge in [-0.05, 0) is 42.0 Å². The van der Waals surface area contributed by atoms with Gasteiger partial charge in [0.1, 0.15) is 0 Å². The summed E-state index contributed by atoms with van der Waals surface area (Å²) in [4.78, 5) is 6.94. The molecule has 0 fully saturated rings. The van der Waals surface area contributed by atoms with Crippen LogP contribution in [0.4, 0.5) is 5.69 Å². The number of benzene rings is 2. The summed E-state index contributed by atoms with van der Waals surface area (Å²) in [5.74, 6) is 0. The second-order valence-electron chi connectivity index (χ2n) is 5.36. The van der Waals surface area contributed by atoms with Crippen molar-refractivity contribution in [1.29, 1.82) is 0 Å². The molecule has 24 heavy (non-hydrogen) atoms. The number of fused-ring (bicyclic) bond motifs is 1. The van der Waals surface area contributed by atoms with Crippen LogP contribution in [-0.4, -0.2) is 25.8 Å². The third kappa shape index (κ3) is 4.34. The first-order valence-corrected chi connectivity index (χ1v) is 8.78. The van der Waals surface area contributed by atoms with Crippen molar-refractivity contribution in [2.24, 2.45) is 4.99 Å². The second kappa shape index (κ2) is 8.39. The summed E-state index contributed by atoms with van der Waals surface area (Å²) in [7, 11) is 2.09. The van der Waals surface area contributed by atoms with Gasteiger partial charge in [-0.3, -0.25) is 4.99 Å². The number of allylic oxidation sites excluding steroid dienone is 1. The van der Waals surface area contributed by atoms with Crippen LogP contribution in [0.15, 0.2) is 51.9 Å². The highest BCUT2D eigenvalue weighted by molar-refractivity contribution is 9.10. The van der Waals surface area contributed by atoms with Gasteiger partial charge >= 0.3 is 0 Å². The average Bonchev–Trinajstić information content (AvgIpc) is 2.68. The zero-order chi connectivity index (χ0) is 16.4. The molecule has 2 aromatic rings. The summed E-state index contributed by atoms with van der Waals surface area (Å²) in [5, 5.41) is 1.12.